The number of rotatable bonds is 5. The van der Waals surface area contributed by atoms with E-state index in [2.05, 4.69) is 289 Å². The zero-order chi connectivity index (χ0) is 58.8. The van der Waals surface area contributed by atoms with Crippen LogP contribution in [0.15, 0.2) is 282 Å². The third-order valence-corrected chi connectivity index (χ3v) is 20.5. The standard InChI is InChI=1S/C48H28N2O.C37H23NO/c1-2-10-32(11-3-1)49(35-23-24-37-31(27-35)20-19-29-9-4-5-14-36(29)37)33-12-6-13-34(28-33)50-40-17-7-15-38-39-16-8-18-42-46(39)48-43(51-42)26-22-30-21-25-41(50)47(44(30)48)45(38)40;1-37(2)26-10-5-8-24-25-9-6-11-28-34(25)36-29(18-14-20-13-17-27(37)35(32(20)36)33(24)26)38(28)21-15-16-23-22-7-3-4-12-30(22)39-31(23)19-21/h1-28H;3-19H,1-2H3. The number of hydrogen-bond donors (Lipinski definition) is 0. The molecule has 5 nitrogen and oxygen atoms in total. The van der Waals surface area contributed by atoms with Crippen LogP contribution in [0, 0.1) is 0 Å². The number of benzene rings is 15. The monoisotopic (exact) mass is 1150 g/mol. The Bertz CT molecular complexity index is 6450. The van der Waals surface area contributed by atoms with E-state index in [0.29, 0.717) is 0 Å². The third kappa shape index (κ3) is 6.25. The molecule has 0 fully saturated rings. The molecule has 19 aromatic rings. The maximum absolute atomic E-state index is 6.47. The Kier molecular flexibility index (Phi) is 9.32. The highest BCUT2D eigenvalue weighted by molar-refractivity contribution is 6.38. The molecule has 5 heteroatoms. The first kappa shape index (κ1) is 48.5. The Hall–Kier alpha value is -11.7. The fourth-order valence-electron chi connectivity index (χ4n) is 16.7. The summed E-state index contributed by atoms with van der Waals surface area (Å²) < 4.78 is 17.7. The van der Waals surface area contributed by atoms with Gasteiger partial charge in [-0.1, -0.05) is 184 Å². The lowest BCUT2D eigenvalue weighted by Gasteiger charge is -2.26. The van der Waals surface area contributed by atoms with Gasteiger partial charge >= 0.3 is 0 Å². The summed E-state index contributed by atoms with van der Waals surface area (Å²) in [5, 5.41) is 20.3. The predicted octanol–water partition coefficient (Wildman–Crippen LogP) is 23.7. The quantitative estimate of drug-likeness (QED) is 0.161. The van der Waals surface area contributed by atoms with E-state index in [1.54, 1.807) is 0 Å². The van der Waals surface area contributed by atoms with Crippen LogP contribution in [0.1, 0.15) is 25.0 Å². The molecule has 0 aliphatic heterocycles. The van der Waals surface area contributed by atoms with Gasteiger partial charge < -0.3 is 22.9 Å². The summed E-state index contributed by atoms with van der Waals surface area (Å²) in [7, 11) is 0. The second-order valence-corrected chi connectivity index (χ2v) is 25.4. The molecule has 0 radical (unpaired) electrons. The van der Waals surface area contributed by atoms with Gasteiger partial charge in [-0.2, -0.15) is 0 Å². The van der Waals surface area contributed by atoms with Crippen LogP contribution in [-0.2, 0) is 5.41 Å². The van der Waals surface area contributed by atoms with Crippen LogP contribution in [0.2, 0.25) is 0 Å². The van der Waals surface area contributed by atoms with Crippen LogP contribution in [-0.4, -0.2) is 9.13 Å². The van der Waals surface area contributed by atoms with Crippen molar-refractivity contribution in [1.82, 2.24) is 9.13 Å². The lowest BCUT2D eigenvalue weighted by molar-refractivity contribution is 0.661. The summed E-state index contributed by atoms with van der Waals surface area (Å²) in [6.45, 7) is 4.76. The summed E-state index contributed by atoms with van der Waals surface area (Å²) in [6, 6.07) is 99.8. The highest BCUT2D eigenvalue weighted by Gasteiger charge is 2.40. The van der Waals surface area contributed by atoms with E-state index in [1.807, 2.05) is 12.1 Å². The molecule has 4 heterocycles. The number of para-hydroxylation sites is 2. The molecule has 22 rings (SSSR count). The van der Waals surface area contributed by atoms with Gasteiger partial charge in [-0.3, -0.25) is 0 Å². The average Bonchev–Trinajstić information content (AvgIpc) is 1.53. The zero-order valence-electron chi connectivity index (χ0n) is 49.1. The highest BCUT2D eigenvalue weighted by atomic mass is 16.3. The van der Waals surface area contributed by atoms with Gasteiger partial charge in [-0.05, 0) is 179 Å². The van der Waals surface area contributed by atoms with Gasteiger partial charge in [0.2, 0.25) is 0 Å². The molecule has 3 aliphatic carbocycles. The normalized spacial score (nSPS) is 13.3. The van der Waals surface area contributed by atoms with E-state index in [9.17, 15) is 0 Å². The Morgan fingerprint density at radius 1 is 0.278 bits per heavy atom. The van der Waals surface area contributed by atoms with Gasteiger partial charge in [0.15, 0.2) is 0 Å². The summed E-state index contributed by atoms with van der Waals surface area (Å²) in [5.74, 6) is 0. The topological polar surface area (TPSA) is 39.4 Å². The van der Waals surface area contributed by atoms with Crippen LogP contribution in [0.3, 0.4) is 0 Å². The van der Waals surface area contributed by atoms with Crippen LogP contribution < -0.4 is 4.90 Å². The number of furan rings is 2. The number of anilines is 3. The van der Waals surface area contributed by atoms with Crippen molar-refractivity contribution in [3.05, 3.63) is 284 Å². The van der Waals surface area contributed by atoms with E-state index < -0.39 is 0 Å². The molecule has 0 bridgehead atoms. The molecule has 418 valence electrons. The Labute approximate surface area is 515 Å². The minimum Gasteiger partial charge on any atom is -0.456 e. The molecular formula is C85H51N3O2. The van der Waals surface area contributed by atoms with Crippen LogP contribution in [0.4, 0.5) is 17.1 Å². The van der Waals surface area contributed by atoms with Gasteiger partial charge in [-0.25, -0.2) is 0 Å². The molecule has 0 amide bonds. The van der Waals surface area contributed by atoms with E-state index in [4.69, 9.17) is 8.83 Å². The summed E-state index contributed by atoms with van der Waals surface area (Å²) in [4.78, 5) is 2.37. The average molecular weight is 1150 g/mol. The summed E-state index contributed by atoms with van der Waals surface area (Å²) in [6.07, 6.45) is 0. The molecule has 0 spiro atoms. The fourth-order valence-corrected chi connectivity index (χ4v) is 16.7. The largest absolute Gasteiger partial charge is 0.456 e. The van der Waals surface area contributed by atoms with Crippen LogP contribution >= 0.6 is 0 Å². The van der Waals surface area contributed by atoms with Gasteiger partial charge in [0.25, 0.3) is 0 Å². The molecule has 0 N–H and O–H groups in total. The summed E-state index contributed by atoms with van der Waals surface area (Å²) >= 11 is 0. The molecule has 90 heavy (non-hydrogen) atoms. The predicted molar refractivity (Wildman–Crippen MR) is 376 cm³/mol. The molecule has 0 saturated heterocycles. The minimum atomic E-state index is -0.0304. The first-order valence-electron chi connectivity index (χ1n) is 31.2. The second kappa shape index (κ2) is 17.3. The Balaban J connectivity index is 0.000000127. The van der Waals surface area contributed by atoms with Crippen molar-refractivity contribution >= 4 is 148 Å². The molecule has 3 aliphatic rings. The van der Waals surface area contributed by atoms with Crippen molar-refractivity contribution in [3.8, 4) is 44.8 Å². The van der Waals surface area contributed by atoms with Crippen molar-refractivity contribution < 1.29 is 8.83 Å². The van der Waals surface area contributed by atoms with Gasteiger partial charge in [0, 0.05) is 88.4 Å². The molecular weight excluding hydrogens is 1090 g/mol. The molecule has 15 aromatic carbocycles. The Morgan fingerprint density at radius 3 is 1.64 bits per heavy atom. The first-order valence-corrected chi connectivity index (χ1v) is 31.2. The third-order valence-electron chi connectivity index (χ3n) is 20.5. The fraction of sp³-hybridized carbons (Fsp3) is 0.0353. The first-order chi connectivity index (χ1) is 44.4. The maximum Gasteiger partial charge on any atom is 0.137 e. The molecule has 0 atom stereocenters. The molecule has 0 unspecified atom stereocenters. The van der Waals surface area contributed by atoms with Crippen molar-refractivity contribution in [2.24, 2.45) is 0 Å². The zero-order valence-corrected chi connectivity index (χ0v) is 49.1. The van der Waals surface area contributed by atoms with Gasteiger partial charge in [0.1, 0.15) is 22.3 Å². The lowest BCUT2D eigenvalue weighted by Crippen LogP contribution is -2.14. The number of aromatic nitrogens is 2. The minimum absolute atomic E-state index is 0.0304. The van der Waals surface area contributed by atoms with Crippen molar-refractivity contribution in [1.29, 1.82) is 0 Å². The molecule has 0 saturated carbocycles. The van der Waals surface area contributed by atoms with Gasteiger partial charge in [-0.15, -0.1) is 0 Å². The number of hydrogen-bond acceptors (Lipinski definition) is 3. The van der Waals surface area contributed by atoms with E-state index >= 15 is 0 Å². The summed E-state index contributed by atoms with van der Waals surface area (Å²) in [5.41, 5.74) is 25.0. The molecule has 4 aromatic heterocycles. The number of fused-ring (bicyclic) bond motifs is 8. The number of nitrogens with zero attached hydrogens (tertiary/aromatic N) is 3. The highest BCUT2D eigenvalue weighted by Crippen LogP contribution is 2.59. The smallest absolute Gasteiger partial charge is 0.137 e. The Morgan fingerprint density at radius 2 is 0.811 bits per heavy atom. The SMILES string of the molecule is CC1(C)c2cccc3c2-c2c1ccc1ccc4c(c21)c1c-3cccc1n4-c1ccc2c(c1)oc1ccccc12.c1ccc(N(c2cccc(-n3c4cccc5c4c4c6c(ccc7oc8cccc-5c8c76)ccc43)c2)c2ccc3c(ccc4ccccc43)c2)cc1. The van der Waals surface area contributed by atoms with Crippen LogP contribution in [0.25, 0.3) is 175 Å². The van der Waals surface area contributed by atoms with Crippen molar-refractivity contribution in [2.75, 3.05) is 4.90 Å². The second-order valence-electron chi connectivity index (χ2n) is 25.4. The van der Waals surface area contributed by atoms with E-state index in [1.165, 1.54) is 142 Å². The van der Waals surface area contributed by atoms with Gasteiger partial charge in [0.05, 0.1) is 22.1 Å². The van der Waals surface area contributed by atoms with Crippen LogP contribution in [0.5, 0.6) is 0 Å². The van der Waals surface area contributed by atoms with E-state index in [-0.39, 0.29) is 5.41 Å². The van der Waals surface area contributed by atoms with Crippen molar-refractivity contribution in [2.45, 2.75) is 19.3 Å². The lowest BCUT2D eigenvalue weighted by atomic mass is 9.81. The maximum atomic E-state index is 6.47. The van der Waals surface area contributed by atoms with E-state index in [0.717, 1.165) is 61.5 Å². The van der Waals surface area contributed by atoms with Crippen molar-refractivity contribution in [3.63, 3.8) is 0 Å².